The van der Waals surface area contributed by atoms with Crippen LogP contribution in [0.3, 0.4) is 0 Å². The molecule has 7 heteroatoms. The number of carbonyl (C=O) groups excluding carboxylic acids is 1. The summed E-state index contributed by atoms with van der Waals surface area (Å²) >= 11 is 6.08. The summed E-state index contributed by atoms with van der Waals surface area (Å²) in [5, 5.41) is 0.603. The molecular formula is C24H26ClN3O3. The summed E-state index contributed by atoms with van der Waals surface area (Å²) < 4.78 is 7.63. The maximum Gasteiger partial charge on any atom is 0.411 e. The number of H-pyrrole nitrogens is 1. The Balaban J connectivity index is 1.40. The van der Waals surface area contributed by atoms with Crippen molar-refractivity contribution in [2.75, 3.05) is 0 Å². The van der Waals surface area contributed by atoms with Gasteiger partial charge in [0.2, 0.25) is 0 Å². The number of hydrogen-bond acceptors (Lipinski definition) is 3. The third-order valence-electron chi connectivity index (χ3n) is 6.72. The van der Waals surface area contributed by atoms with Crippen LogP contribution in [0.15, 0.2) is 53.3 Å². The van der Waals surface area contributed by atoms with Crippen LogP contribution in [0.2, 0.25) is 5.02 Å². The fourth-order valence-corrected chi connectivity index (χ4v) is 5.56. The average molecular weight is 440 g/mol. The lowest BCUT2D eigenvalue weighted by atomic mass is 9.86. The number of nitrogens with zero attached hydrogens (tertiary/aromatic N) is 2. The number of carbonyl (C=O) groups is 1. The first-order valence-electron chi connectivity index (χ1n) is 10.8. The molecule has 31 heavy (non-hydrogen) atoms. The first kappa shape index (κ1) is 20.2. The number of aromatic amines is 1. The van der Waals surface area contributed by atoms with Gasteiger partial charge in [0.1, 0.15) is 5.60 Å². The van der Waals surface area contributed by atoms with Crippen molar-refractivity contribution >= 4 is 28.7 Å². The molecular weight excluding hydrogens is 414 g/mol. The molecule has 0 bridgehead atoms. The largest absolute Gasteiger partial charge is 0.441 e. The van der Waals surface area contributed by atoms with Crippen LogP contribution in [0.4, 0.5) is 4.79 Å². The maximum absolute atomic E-state index is 12.9. The van der Waals surface area contributed by atoms with Crippen molar-refractivity contribution in [1.82, 2.24) is 14.5 Å². The molecule has 2 aliphatic rings. The molecule has 2 heterocycles. The lowest BCUT2D eigenvalue weighted by molar-refractivity contribution is 0.0662. The molecule has 1 saturated carbocycles. The number of fused-ring (bicyclic) bond motifs is 1. The minimum absolute atomic E-state index is 0.0890. The Morgan fingerprint density at radius 3 is 2.39 bits per heavy atom. The summed E-state index contributed by atoms with van der Waals surface area (Å²) in [6.45, 7) is 3.95. The van der Waals surface area contributed by atoms with Crippen LogP contribution in [-0.4, -0.2) is 32.2 Å². The van der Waals surface area contributed by atoms with Crippen molar-refractivity contribution in [3.8, 4) is 0 Å². The van der Waals surface area contributed by atoms with Gasteiger partial charge in [-0.3, -0.25) is 9.47 Å². The second kappa shape index (κ2) is 7.45. The second-order valence-electron chi connectivity index (χ2n) is 9.12. The van der Waals surface area contributed by atoms with Crippen molar-refractivity contribution in [3.05, 3.63) is 69.6 Å². The van der Waals surface area contributed by atoms with Crippen LogP contribution >= 0.6 is 11.6 Å². The monoisotopic (exact) mass is 439 g/mol. The third-order valence-corrected chi connectivity index (χ3v) is 6.95. The van der Waals surface area contributed by atoms with Crippen molar-refractivity contribution in [1.29, 1.82) is 0 Å². The highest BCUT2D eigenvalue weighted by atomic mass is 35.5. The van der Waals surface area contributed by atoms with Crippen LogP contribution in [0.5, 0.6) is 0 Å². The topological polar surface area (TPSA) is 67.3 Å². The molecule has 1 saturated heterocycles. The summed E-state index contributed by atoms with van der Waals surface area (Å²) in [5.74, 6) is 0. The first-order chi connectivity index (χ1) is 14.8. The van der Waals surface area contributed by atoms with Gasteiger partial charge in [-0.05, 0) is 63.3 Å². The van der Waals surface area contributed by atoms with E-state index in [1.807, 2.05) is 53.6 Å². The quantitative estimate of drug-likeness (QED) is 0.590. The van der Waals surface area contributed by atoms with Gasteiger partial charge in [0.05, 0.1) is 17.1 Å². The number of halogens is 1. The number of aromatic nitrogens is 2. The third kappa shape index (κ3) is 3.43. The molecule has 1 aliphatic carbocycles. The summed E-state index contributed by atoms with van der Waals surface area (Å²) in [5.41, 5.74) is 2.02. The van der Waals surface area contributed by atoms with E-state index < -0.39 is 5.60 Å². The molecule has 0 radical (unpaired) electrons. The lowest BCUT2D eigenvalue weighted by Gasteiger charge is -2.38. The number of amides is 1. The molecule has 2 aromatic carbocycles. The number of ether oxygens (including phenoxy) is 1. The van der Waals surface area contributed by atoms with E-state index in [-0.39, 0.29) is 29.9 Å². The van der Waals surface area contributed by atoms with Crippen molar-refractivity contribution in [3.63, 3.8) is 0 Å². The fraction of sp³-hybridized carbons (Fsp3) is 0.417. The minimum Gasteiger partial charge on any atom is -0.441 e. The summed E-state index contributed by atoms with van der Waals surface area (Å²) in [6, 6.07) is 15.7. The molecule has 3 aromatic rings. The predicted molar refractivity (Wildman–Crippen MR) is 120 cm³/mol. The average Bonchev–Trinajstić information content (AvgIpc) is 3.19. The molecule has 1 atom stereocenters. The molecule has 162 valence electrons. The van der Waals surface area contributed by atoms with E-state index in [1.54, 1.807) is 6.07 Å². The summed E-state index contributed by atoms with van der Waals surface area (Å²) in [7, 11) is 0. The maximum atomic E-state index is 12.9. The van der Waals surface area contributed by atoms with Gasteiger partial charge in [0.15, 0.2) is 0 Å². The standard InChI is InChI=1S/C24H26ClN3O3/c1-24(2)21(15-6-4-3-5-7-15)28(23(30)31-24)18-11-9-17(10-12-18)27-20-13-8-16(25)14-19(20)26-22(27)29/h3-8,13-14,17-18,21H,9-12H2,1-2H3,(H,26,29)/t17?,18?,21-/m0/s1. The molecule has 5 rings (SSSR count). The molecule has 0 unspecified atom stereocenters. The van der Waals surface area contributed by atoms with E-state index in [1.165, 1.54) is 0 Å². The van der Waals surface area contributed by atoms with Crippen LogP contribution in [0, 0.1) is 0 Å². The van der Waals surface area contributed by atoms with Gasteiger partial charge in [-0.25, -0.2) is 9.59 Å². The first-order valence-corrected chi connectivity index (χ1v) is 11.2. The zero-order valence-corrected chi connectivity index (χ0v) is 18.4. The number of rotatable bonds is 3. The molecule has 2 fully saturated rings. The molecule has 6 nitrogen and oxygen atoms in total. The van der Waals surface area contributed by atoms with E-state index in [4.69, 9.17) is 16.3 Å². The molecule has 0 spiro atoms. The molecule has 1 aliphatic heterocycles. The Labute approximate surface area is 185 Å². The van der Waals surface area contributed by atoms with Crippen molar-refractivity contribution in [2.45, 2.75) is 63.3 Å². The molecule has 1 amide bonds. The van der Waals surface area contributed by atoms with Crippen LogP contribution in [0.25, 0.3) is 11.0 Å². The van der Waals surface area contributed by atoms with Gasteiger partial charge < -0.3 is 9.72 Å². The Bertz CT molecular complexity index is 1180. The van der Waals surface area contributed by atoms with Crippen LogP contribution in [0.1, 0.15) is 57.2 Å². The van der Waals surface area contributed by atoms with Gasteiger partial charge >= 0.3 is 11.8 Å². The van der Waals surface area contributed by atoms with E-state index in [0.717, 1.165) is 42.3 Å². The Kier molecular flexibility index (Phi) is 4.85. The molecule has 1 aromatic heterocycles. The lowest BCUT2D eigenvalue weighted by Crippen LogP contribution is -2.43. The van der Waals surface area contributed by atoms with Gasteiger partial charge in [0, 0.05) is 17.1 Å². The number of cyclic esters (lactones) is 1. The highest BCUT2D eigenvalue weighted by Gasteiger charge is 2.51. The van der Waals surface area contributed by atoms with Crippen LogP contribution < -0.4 is 5.69 Å². The molecule has 1 N–H and O–H groups in total. The number of hydrogen-bond donors (Lipinski definition) is 1. The Morgan fingerprint density at radius 2 is 1.68 bits per heavy atom. The zero-order chi connectivity index (χ0) is 21.8. The van der Waals surface area contributed by atoms with Crippen molar-refractivity contribution < 1.29 is 9.53 Å². The van der Waals surface area contributed by atoms with E-state index >= 15 is 0 Å². The smallest absolute Gasteiger partial charge is 0.411 e. The SMILES string of the molecule is CC1(C)OC(=O)N(C2CCC(n3c(=O)[nH]c4cc(Cl)ccc43)CC2)[C@H]1c1ccccc1. The van der Waals surface area contributed by atoms with E-state index in [9.17, 15) is 9.59 Å². The van der Waals surface area contributed by atoms with Gasteiger partial charge in [0.25, 0.3) is 0 Å². The van der Waals surface area contributed by atoms with Crippen LogP contribution in [-0.2, 0) is 4.74 Å². The number of benzene rings is 2. The van der Waals surface area contributed by atoms with Gasteiger partial charge in [-0.2, -0.15) is 0 Å². The highest BCUT2D eigenvalue weighted by molar-refractivity contribution is 6.31. The van der Waals surface area contributed by atoms with E-state index in [0.29, 0.717) is 5.02 Å². The van der Waals surface area contributed by atoms with Gasteiger partial charge in [-0.15, -0.1) is 0 Å². The summed E-state index contributed by atoms with van der Waals surface area (Å²) in [4.78, 5) is 30.4. The Hall–Kier alpha value is -2.73. The van der Waals surface area contributed by atoms with E-state index in [2.05, 4.69) is 17.1 Å². The normalized spacial score (nSPS) is 25.7. The Morgan fingerprint density at radius 1 is 1.00 bits per heavy atom. The minimum atomic E-state index is -0.595. The number of nitrogens with one attached hydrogen (secondary N) is 1. The second-order valence-corrected chi connectivity index (χ2v) is 9.55. The zero-order valence-electron chi connectivity index (χ0n) is 17.7. The summed E-state index contributed by atoms with van der Waals surface area (Å²) in [6.07, 6.45) is 3.05. The van der Waals surface area contributed by atoms with Crippen molar-refractivity contribution in [2.24, 2.45) is 0 Å². The fourth-order valence-electron chi connectivity index (χ4n) is 5.39. The van der Waals surface area contributed by atoms with Gasteiger partial charge in [-0.1, -0.05) is 41.9 Å². The predicted octanol–water partition coefficient (Wildman–Crippen LogP) is 5.44. The highest BCUT2D eigenvalue weighted by Crippen LogP contribution is 2.45. The number of imidazole rings is 1.